The molecule has 0 atom stereocenters. The van der Waals surface area contributed by atoms with Crippen LogP contribution < -0.4 is 15.4 Å². The summed E-state index contributed by atoms with van der Waals surface area (Å²) in [4.78, 5) is 4.82. The number of aromatic nitrogens is 3. The summed E-state index contributed by atoms with van der Waals surface area (Å²) < 4.78 is 8.44. The molecule has 0 unspecified atom stereocenters. The Morgan fingerprint density at radius 3 is 2.88 bits per heavy atom. The fourth-order valence-corrected chi connectivity index (χ4v) is 4.11. The van der Waals surface area contributed by atoms with E-state index in [0.29, 0.717) is 6.54 Å². The summed E-state index contributed by atoms with van der Waals surface area (Å²) in [5, 5.41) is 15.7. The Labute approximate surface area is 215 Å². The molecule has 8 heteroatoms. The van der Waals surface area contributed by atoms with Crippen LogP contribution in [-0.2, 0) is 25.9 Å². The van der Waals surface area contributed by atoms with Gasteiger partial charge in [-0.25, -0.2) is 4.99 Å². The van der Waals surface area contributed by atoms with E-state index in [1.807, 2.05) is 0 Å². The number of nitrogens with zero attached hydrogens (tertiary/aromatic N) is 4. The van der Waals surface area contributed by atoms with Gasteiger partial charge in [-0.15, -0.1) is 34.2 Å². The summed E-state index contributed by atoms with van der Waals surface area (Å²) in [7, 11) is 0. The fourth-order valence-electron chi connectivity index (χ4n) is 4.11. The molecule has 182 valence electrons. The lowest BCUT2D eigenvalue weighted by molar-refractivity contribution is 0.296. The van der Waals surface area contributed by atoms with E-state index in [-0.39, 0.29) is 24.0 Å². The van der Waals surface area contributed by atoms with Gasteiger partial charge in [-0.1, -0.05) is 18.6 Å². The Morgan fingerprint density at radius 1 is 1.18 bits per heavy atom. The van der Waals surface area contributed by atoms with Crippen LogP contribution in [0.5, 0.6) is 5.75 Å². The van der Waals surface area contributed by atoms with Crippen molar-refractivity contribution in [1.82, 2.24) is 25.4 Å². The molecule has 0 bridgehead atoms. The van der Waals surface area contributed by atoms with Crippen LogP contribution in [0.1, 0.15) is 68.2 Å². The first-order valence-corrected chi connectivity index (χ1v) is 12.4. The molecule has 1 aliphatic carbocycles. The van der Waals surface area contributed by atoms with Crippen LogP contribution >= 0.6 is 24.0 Å². The van der Waals surface area contributed by atoms with Gasteiger partial charge in [0.1, 0.15) is 17.4 Å². The van der Waals surface area contributed by atoms with Crippen molar-refractivity contribution in [2.75, 3.05) is 19.7 Å². The van der Waals surface area contributed by atoms with Crippen LogP contribution in [0.4, 0.5) is 0 Å². The highest BCUT2D eigenvalue weighted by Gasteiger charge is 2.22. The first-order chi connectivity index (χ1) is 15.7. The summed E-state index contributed by atoms with van der Waals surface area (Å²) >= 11 is 0. The van der Waals surface area contributed by atoms with E-state index in [9.17, 15) is 0 Å². The van der Waals surface area contributed by atoms with Gasteiger partial charge < -0.3 is 19.9 Å². The van der Waals surface area contributed by atoms with E-state index in [1.165, 1.54) is 37.7 Å². The molecular formula is C25H39IN6O. The monoisotopic (exact) mass is 566 g/mol. The average Bonchev–Trinajstić information content (AvgIpc) is 3.59. The molecule has 1 aliphatic heterocycles. The second kappa shape index (κ2) is 13.2. The number of rotatable bonds is 10. The van der Waals surface area contributed by atoms with Crippen molar-refractivity contribution in [3.05, 3.63) is 41.0 Å². The maximum atomic E-state index is 6.10. The molecule has 7 nitrogen and oxygen atoms in total. The zero-order chi connectivity index (χ0) is 22.2. The van der Waals surface area contributed by atoms with Gasteiger partial charge in [0.2, 0.25) is 0 Å². The predicted octanol–water partition coefficient (Wildman–Crippen LogP) is 4.41. The molecule has 4 rings (SSSR count). The lowest BCUT2D eigenvalue weighted by Crippen LogP contribution is -2.38. The third-order valence-corrected chi connectivity index (χ3v) is 6.20. The lowest BCUT2D eigenvalue weighted by Gasteiger charge is -2.14. The summed E-state index contributed by atoms with van der Waals surface area (Å²) in [6.45, 7) is 8.39. The third kappa shape index (κ3) is 7.86. The molecule has 0 saturated heterocycles. The van der Waals surface area contributed by atoms with Crippen LogP contribution in [-0.4, -0.2) is 40.4 Å². The molecule has 1 aromatic carbocycles. The largest absolute Gasteiger partial charge is 0.493 e. The van der Waals surface area contributed by atoms with Gasteiger partial charge >= 0.3 is 0 Å². The summed E-state index contributed by atoms with van der Waals surface area (Å²) in [6, 6.07) is 6.41. The third-order valence-electron chi connectivity index (χ3n) is 6.20. The first kappa shape index (κ1) is 25.8. The predicted molar refractivity (Wildman–Crippen MR) is 144 cm³/mol. The Hall–Kier alpha value is -1.84. The van der Waals surface area contributed by atoms with Crippen LogP contribution in [0.3, 0.4) is 0 Å². The maximum absolute atomic E-state index is 6.10. The molecule has 1 aromatic heterocycles. The number of halogens is 1. The standard InChI is InChI=1S/C25H38N6O.HI/c1-3-26-25(27-14-7-9-24-30-29-23-8-5-4-6-15-31(23)24)28-17-21-13-10-19(2)16-22(21)32-18-20-11-12-20;/h10,13,16,20H,3-9,11-12,14-15,17-18H2,1-2H3,(H2,26,27,28);1H. The zero-order valence-electron chi connectivity index (χ0n) is 20.1. The Bertz CT molecular complexity index is 908. The van der Waals surface area contributed by atoms with Gasteiger partial charge in [-0.3, -0.25) is 0 Å². The van der Waals surface area contributed by atoms with Crippen LogP contribution in [0.15, 0.2) is 23.2 Å². The number of benzene rings is 1. The number of hydrogen-bond acceptors (Lipinski definition) is 4. The van der Waals surface area contributed by atoms with Gasteiger partial charge in [-0.2, -0.15) is 0 Å². The SMILES string of the molecule is CCNC(=NCc1ccc(C)cc1OCC1CC1)NCCCc1nnc2n1CCCCC2.I. The van der Waals surface area contributed by atoms with Gasteiger partial charge in [0, 0.05) is 38.0 Å². The van der Waals surface area contributed by atoms with E-state index < -0.39 is 0 Å². The van der Waals surface area contributed by atoms with Gasteiger partial charge in [0.05, 0.1) is 13.2 Å². The summed E-state index contributed by atoms with van der Waals surface area (Å²) in [6.07, 6.45) is 9.36. The van der Waals surface area contributed by atoms with E-state index in [0.717, 1.165) is 80.3 Å². The Kier molecular flexibility index (Phi) is 10.3. The smallest absolute Gasteiger partial charge is 0.191 e. The second-order valence-corrected chi connectivity index (χ2v) is 9.09. The number of nitrogens with one attached hydrogen (secondary N) is 2. The fraction of sp³-hybridized carbons (Fsp3) is 0.640. The van der Waals surface area contributed by atoms with E-state index in [2.05, 4.69) is 57.4 Å². The first-order valence-electron chi connectivity index (χ1n) is 12.4. The maximum Gasteiger partial charge on any atom is 0.191 e. The minimum atomic E-state index is 0. The minimum Gasteiger partial charge on any atom is -0.493 e. The Balaban J connectivity index is 0.00000306. The molecule has 1 fully saturated rings. The molecule has 33 heavy (non-hydrogen) atoms. The quantitative estimate of drug-likeness (QED) is 0.193. The minimum absolute atomic E-state index is 0. The molecule has 2 aromatic rings. The van der Waals surface area contributed by atoms with Crippen LogP contribution in [0.2, 0.25) is 0 Å². The van der Waals surface area contributed by atoms with Gasteiger partial charge in [-0.05, 0) is 63.5 Å². The van der Waals surface area contributed by atoms with E-state index in [4.69, 9.17) is 9.73 Å². The number of hydrogen-bond donors (Lipinski definition) is 2. The van der Waals surface area contributed by atoms with Crippen LogP contribution in [0.25, 0.3) is 0 Å². The number of aliphatic imine (C=N–C) groups is 1. The van der Waals surface area contributed by atoms with Crippen molar-refractivity contribution >= 4 is 29.9 Å². The van der Waals surface area contributed by atoms with Crippen molar-refractivity contribution in [3.8, 4) is 5.75 Å². The number of aryl methyl sites for hydroxylation is 3. The molecule has 0 amide bonds. The summed E-state index contributed by atoms with van der Waals surface area (Å²) in [5.41, 5.74) is 2.36. The van der Waals surface area contributed by atoms with E-state index >= 15 is 0 Å². The van der Waals surface area contributed by atoms with E-state index in [1.54, 1.807) is 0 Å². The van der Waals surface area contributed by atoms with Crippen LogP contribution in [0, 0.1) is 12.8 Å². The highest BCUT2D eigenvalue weighted by atomic mass is 127. The molecule has 1 saturated carbocycles. The number of guanidine groups is 1. The topological polar surface area (TPSA) is 76.4 Å². The van der Waals surface area contributed by atoms with Crippen molar-refractivity contribution < 1.29 is 4.74 Å². The van der Waals surface area contributed by atoms with Crippen molar-refractivity contribution in [2.24, 2.45) is 10.9 Å². The van der Waals surface area contributed by atoms with Crippen molar-refractivity contribution in [1.29, 1.82) is 0 Å². The molecular weight excluding hydrogens is 527 g/mol. The number of fused-ring (bicyclic) bond motifs is 1. The highest BCUT2D eigenvalue weighted by Crippen LogP contribution is 2.31. The highest BCUT2D eigenvalue weighted by molar-refractivity contribution is 14.0. The molecule has 2 aliphatic rings. The Morgan fingerprint density at radius 2 is 2.06 bits per heavy atom. The molecule has 2 heterocycles. The molecule has 0 radical (unpaired) electrons. The normalized spacial score (nSPS) is 15.9. The average molecular weight is 567 g/mol. The second-order valence-electron chi connectivity index (χ2n) is 9.09. The lowest BCUT2D eigenvalue weighted by atomic mass is 10.1. The van der Waals surface area contributed by atoms with Gasteiger partial charge in [0.25, 0.3) is 0 Å². The van der Waals surface area contributed by atoms with Gasteiger partial charge in [0.15, 0.2) is 5.96 Å². The van der Waals surface area contributed by atoms with Crippen molar-refractivity contribution in [2.45, 2.75) is 78.3 Å². The molecule has 2 N–H and O–H groups in total. The van der Waals surface area contributed by atoms with Crippen molar-refractivity contribution in [3.63, 3.8) is 0 Å². The zero-order valence-corrected chi connectivity index (χ0v) is 22.4. The number of ether oxygens (including phenoxy) is 1. The molecule has 0 spiro atoms. The summed E-state index contributed by atoms with van der Waals surface area (Å²) in [5.74, 6) is 4.86.